The van der Waals surface area contributed by atoms with Crippen molar-refractivity contribution in [2.45, 2.75) is 39.3 Å². The summed E-state index contributed by atoms with van der Waals surface area (Å²) >= 11 is 0. The van der Waals surface area contributed by atoms with Crippen LogP contribution in [0.15, 0.2) is 29.3 Å². The fourth-order valence-corrected chi connectivity index (χ4v) is 3.07. The van der Waals surface area contributed by atoms with Gasteiger partial charge in [0.2, 0.25) is 0 Å². The van der Waals surface area contributed by atoms with E-state index in [9.17, 15) is 0 Å². The fourth-order valence-electron chi connectivity index (χ4n) is 3.07. The number of aliphatic imine (C=N–C) groups is 1. The smallest absolute Gasteiger partial charge is 0.191 e. The van der Waals surface area contributed by atoms with E-state index in [1.807, 2.05) is 31.2 Å². The number of nitrogens with one attached hydrogen (secondary N) is 2. The second-order valence-electron chi connectivity index (χ2n) is 7.60. The Balaban J connectivity index is 0.00000420. The quantitative estimate of drug-likeness (QED) is 0.297. The predicted molar refractivity (Wildman–Crippen MR) is 129 cm³/mol. The van der Waals surface area contributed by atoms with Crippen molar-refractivity contribution >= 4 is 29.9 Å². The molecule has 1 atom stereocenters. The summed E-state index contributed by atoms with van der Waals surface area (Å²) in [6.45, 7) is 14.3. The summed E-state index contributed by atoms with van der Waals surface area (Å²) in [5.41, 5.74) is -0.00512. The molecule has 1 heterocycles. The molecular formula is C21H37IN4O3. The van der Waals surface area contributed by atoms with Crippen LogP contribution in [0.5, 0.6) is 11.5 Å². The first-order valence-corrected chi connectivity index (χ1v) is 10.1. The van der Waals surface area contributed by atoms with Gasteiger partial charge >= 0.3 is 0 Å². The number of halogens is 1. The van der Waals surface area contributed by atoms with Crippen molar-refractivity contribution in [3.05, 3.63) is 24.3 Å². The van der Waals surface area contributed by atoms with Gasteiger partial charge in [-0.3, -0.25) is 9.89 Å². The molecule has 1 aliphatic heterocycles. The summed E-state index contributed by atoms with van der Waals surface area (Å²) in [5.74, 6) is 2.40. The maximum atomic E-state index is 5.98. The number of hydrogen-bond acceptors (Lipinski definition) is 5. The van der Waals surface area contributed by atoms with Crippen LogP contribution in [-0.2, 0) is 4.74 Å². The van der Waals surface area contributed by atoms with Gasteiger partial charge in [0.15, 0.2) is 5.96 Å². The van der Waals surface area contributed by atoms with Crippen LogP contribution in [0.1, 0.15) is 27.7 Å². The molecule has 166 valence electrons. The number of guanidine groups is 1. The molecule has 1 unspecified atom stereocenters. The summed E-state index contributed by atoms with van der Waals surface area (Å²) in [7, 11) is 1.65. The molecule has 0 radical (unpaired) electrons. The highest BCUT2D eigenvalue weighted by molar-refractivity contribution is 14.0. The van der Waals surface area contributed by atoms with Gasteiger partial charge in [0.05, 0.1) is 33.4 Å². The largest absolute Gasteiger partial charge is 0.497 e. The van der Waals surface area contributed by atoms with E-state index in [2.05, 4.69) is 36.3 Å². The van der Waals surface area contributed by atoms with Gasteiger partial charge in [0, 0.05) is 31.2 Å². The van der Waals surface area contributed by atoms with Gasteiger partial charge in [-0.15, -0.1) is 24.0 Å². The van der Waals surface area contributed by atoms with Crippen molar-refractivity contribution in [2.75, 3.05) is 53.0 Å². The van der Waals surface area contributed by atoms with Crippen LogP contribution in [-0.4, -0.2) is 75.5 Å². The van der Waals surface area contributed by atoms with Crippen LogP contribution < -0.4 is 20.1 Å². The fraction of sp³-hybridized carbons (Fsp3) is 0.667. The third-order valence-electron chi connectivity index (χ3n) is 4.77. The van der Waals surface area contributed by atoms with Crippen LogP contribution in [0.4, 0.5) is 0 Å². The number of benzene rings is 1. The lowest BCUT2D eigenvalue weighted by Gasteiger charge is -2.39. The highest BCUT2D eigenvalue weighted by Crippen LogP contribution is 2.20. The van der Waals surface area contributed by atoms with Crippen molar-refractivity contribution in [1.29, 1.82) is 0 Å². The van der Waals surface area contributed by atoms with Gasteiger partial charge in [-0.2, -0.15) is 0 Å². The van der Waals surface area contributed by atoms with Crippen LogP contribution >= 0.6 is 24.0 Å². The molecule has 1 aromatic rings. The van der Waals surface area contributed by atoms with Gasteiger partial charge in [-0.25, -0.2) is 0 Å². The summed E-state index contributed by atoms with van der Waals surface area (Å²) in [6.07, 6.45) is -0.0109. The summed E-state index contributed by atoms with van der Waals surface area (Å²) in [4.78, 5) is 7.25. The monoisotopic (exact) mass is 520 g/mol. The van der Waals surface area contributed by atoms with Crippen LogP contribution in [0.3, 0.4) is 0 Å². The SMILES string of the molecule is CCNC(=NCC(C)(C)N1CCOCC1)NCC(C)Oc1cccc(OC)c1.I. The number of hydrogen-bond donors (Lipinski definition) is 2. The topological polar surface area (TPSA) is 67.4 Å². The highest BCUT2D eigenvalue weighted by Gasteiger charge is 2.28. The van der Waals surface area contributed by atoms with Gasteiger partial charge < -0.3 is 24.8 Å². The van der Waals surface area contributed by atoms with E-state index in [0.717, 1.165) is 50.3 Å². The first-order valence-electron chi connectivity index (χ1n) is 10.1. The molecule has 7 nitrogen and oxygen atoms in total. The van der Waals surface area contributed by atoms with E-state index < -0.39 is 0 Å². The average molecular weight is 520 g/mol. The van der Waals surface area contributed by atoms with E-state index in [4.69, 9.17) is 19.2 Å². The Kier molecular flexibility index (Phi) is 11.7. The van der Waals surface area contributed by atoms with Crippen molar-refractivity contribution in [3.63, 3.8) is 0 Å². The molecule has 0 bridgehead atoms. The third-order valence-corrected chi connectivity index (χ3v) is 4.77. The number of morpholine rings is 1. The molecule has 0 aliphatic carbocycles. The molecule has 2 rings (SSSR count). The van der Waals surface area contributed by atoms with Crippen molar-refractivity contribution in [3.8, 4) is 11.5 Å². The molecular weight excluding hydrogens is 483 g/mol. The van der Waals surface area contributed by atoms with E-state index in [1.165, 1.54) is 0 Å². The van der Waals surface area contributed by atoms with Crippen LogP contribution in [0, 0.1) is 0 Å². The number of nitrogens with zero attached hydrogens (tertiary/aromatic N) is 2. The molecule has 29 heavy (non-hydrogen) atoms. The average Bonchev–Trinajstić information content (AvgIpc) is 2.71. The van der Waals surface area contributed by atoms with Crippen molar-refractivity contribution in [2.24, 2.45) is 4.99 Å². The van der Waals surface area contributed by atoms with Crippen molar-refractivity contribution in [1.82, 2.24) is 15.5 Å². The van der Waals surface area contributed by atoms with Crippen LogP contribution in [0.2, 0.25) is 0 Å². The minimum atomic E-state index is -0.0109. The highest BCUT2D eigenvalue weighted by atomic mass is 127. The minimum Gasteiger partial charge on any atom is -0.497 e. The first kappa shape index (κ1) is 25.8. The Bertz CT molecular complexity index is 622. The second kappa shape index (κ2) is 13.1. The normalized spacial score (nSPS) is 16.5. The molecule has 0 saturated carbocycles. The molecule has 0 aromatic heterocycles. The molecule has 1 saturated heterocycles. The Labute approximate surface area is 192 Å². The maximum Gasteiger partial charge on any atom is 0.191 e. The molecule has 8 heteroatoms. The van der Waals surface area contributed by atoms with Gasteiger partial charge in [0.1, 0.15) is 17.6 Å². The second-order valence-corrected chi connectivity index (χ2v) is 7.60. The first-order chi connectivity index (χ1) is 13.4. The van der Waals surface area contributed by atoms with E-state index in [1.54, 1.807) is 7.11 Å². The van der Waals surface area contributed by atoms with E-state index in [-0.39, 0.29) is 35.6 Å². The molecule has 0 spiro atoms. The number of rotatable bonds is 9. The number of ether oxygens (including phenoxy) is 3. The molecule has 2 N–H and O–H groups in total. The lowest BCUT2D eigenvalue weighted by molar-refractivity contribution is -0.00684. The zero-order valence-corrected chi connectivity index (χ0v) is 20.7. The standard InChI is InChI=1S/C21H36N4O3.HI/c1-6-22-20(24-16-21(3,4)25-10-12-27-13-11-25)23-15-17(2)28-19-9-7-8-18(14-19)26-5;/h7-9,14,17H,6,10-13,15-16H2,1-5H3,(H2,22,23,24);1H. The molecule has 1 aromatic carbocycles. The molecule has 1 fully saturated rings. The zero-order chi connectivity index (χ0) is 20.4. The molecule has 1 aliphatic rings. The predicted octanol–water partition coefficient (Wildman–Crippen LogP) is 2.75. The Morgan fingerprint density at radius 1 is 1.24 bits per heavy atom. The van der Waals surface area contributed by atoms with Crippen LogP contribution in [0.25, 0.3) is 0 Å². The van der Waals surface area contributed by atoms with Gasteiger partial charge in [-0.1, -0.05) is 6.07 Å². The lowest BCUT2D eigenvalue weighted by Crippen LogP contribution is -2.52. The lowest BCUT2D eigenvalue weighted by atomic mass is 10.0. The van der Waals surface area contributed by atoms with Gasteiger partial charge in [-0.05, 0) is 39.8 Å². The van der Waals surface area contributed by atoms with Gasteiger partial charge in [0.25, 0.3) is 0 Å². The number of methoxy groups -OCH3 is 1. The van der Waals surface area contributed by atoms with E-state index >= 15 is 0 Å². The molecule has 0 amide bonds. The summed E-state index contributed by atoms with van der Waals surface area (Å²) < 4.78 is 16.7. The van der Waals surface area contributed by atoms with Crippen molar-refractivity contribution < 1.29 is 14.2 Å². The zero-order valence-electron chi connectivity index (χ0n) is 18.4. The van der Waals surface area contributed by atoms with E-state index in [0.29, 0.717) is 13.1 Å². The third kappa shape index (κ3) is 8.96. The maximum absolute atomic E-state index is 5.98. The minimum absolute atomic E-state index is 0. The Morgan fingerprint density at radius 3 is 2.59 bits per heavy atom. The Hall–Kier alpha value is -1.26. The summed E-state index contributed by atoms with van der Waals surface area (Å²) in [6, 6.07) is 7.65. The Morgan fingerprint density at radius 2 is 1.93 bits per heavy atom. The summed E-state index contributed by atoms with van der Waals surface area (Å²) in [5, 5.41) is 6.70.